The van der Waals surface area contributed by atoms with Gasteiger partial charge < -0.3 is 5.11 Å². The highest BCUT2D eigenvalue weighted by atomic mass is 16.3. The Morgan fingerprint density at radius 2 is 1.95 bits per heavy atom. The molecule has 1 fully saturated rings. The van der Waals surface area contributed by atoms with Gasteiger partial charge in [-0.3, -0.25) is 0 Å². The minimum Gasteiger partial charge on any atom is -0.390 e. The third-order valence-corrected chi connectivity index (χ3v) is 5.96. The van der Waals surface area contributed by atoms with Crippen molar-refractivity contribution in [2.24, 2.45) is 11.8 Å². The molecule has 0 bridgehead atoms. The average Bonchev–Trinajstić information content (AvgIpc) is 2.47. The Balaban J connectivity index is 1.82. The van der Waals surface area contributed by atoms with Crippen LogP contribution in [-0.4, -0.2) is 10.7 Å². The van der Waals surface area contributed by atoms with Crippen LogP contribution in [0.2, 0.25) is 0 Å². The summed E-state index contributed by atoms with van der Waals surface area (Å²) in [5, 5.41) is 11.4. The lowest BCUT2D eigenvalue weighted by molar-refractivity contribution is -0.0773. The number of aliphatic hydroxyl groups is 1. The summed E-state index contributed by atoms with van der Waals surface area (Å²) in [4.78, 5) is 0. The first-order valence-corrected chi connectivity index (χ1v) is 8.90. The van der Waals surface area contributed by atoms with Crippen LogP contribution >= 0.6 is 0 Å². The van der Waals surface area contributed by atoms with Crippen LogP contribution in [0.3, 0.4) is 0 Å². The Bertz CT molecular complexity index is 478. The van der Waals surface area contributed by atoms with Gasteiger partial charge in [0.15, 0.2) is 0 Å². The lowest BCUT2D eigenvalue weighted by atomic mass is 9.65. The quantitative estimate of drug-likeness (QED) is 0.822. The van der Waals surface area contributed by atoms with Crippen LogP contribution in [0.25, 0.3) is 0 Å². The summed E-state index contributed by atoms with van der Waals surface area (Å²) in [7, 11) is 0. The van der Waals surface area contributed by atoms with Crippen molar-refractivity contribution in [2.75, 3.05) is 0 Å². The van der Waals surface area contributed by atoms with E-state index in [1.54, 1.807) is 0 Å². The van der Waals surface area contributed by atoms with E-state index in [0.29, 0.717) is 17.8 Å². The van der Waals surface area contributed by atoms with Gasteiger partial charge in [0.2, 0.25) is 0 Å². The van der Waals surface area contributed by atoms with E-state index in [0.717, 1.165) is 12.8 Å². The largest absolute Gasteiger partial charge is 0.390 e. The smallest absolute Gasteiger partial charge is 0.0684 e. The summed E-state index contributed by atoms with van der Waals surface area (Å²) in [6.07, 6.45) is 9.46. The van der Waals surface area contributed by atoms with Gasteiger partial charge in [0.25, 0.3) is 0 Å². The van der Waals surface area contributed by atoms with E-state index in [4.69, 9.17) is 0 Å². The molecule has 1 N–H and O–H groups in total. The first-order valence-electron chi connectivity index (χ1n) is 8.90. The fourth-order valence-corrected chi connectivity index (χ4v) is 4.95. The topological polar surface area (TPSA) is 20.2 Å². The number of aryl methyl sites for hydroxylation is 1. The Morgan fingerprint density at radius 3 is 2.76 bits per heavy atom. The molecule has 0 amide bonds. The van der Waals surface area contributed by atoms with Crippen LogP contribution in [-0.2, 0) is 6.42 Å². The summed E-state index contributed by atoms with van der Waals surface area (Å²) in [5.74, 6) is 1.65. The maximum Gasteiger partial charge on any atom is 0.0684 e. The van der Waals surface area contributed by atoms with Crippen LogP contribution in [0.1, 0.15) is 75.8 Å². The normalized spacial score (nSPS) is 33.0. The Morgan fingerprint density at radius 1 is 1.14 bits per heavy atom. The van der Waals surface area contributed by atoms with Crippen LogP contribution in [0, 0.1) is 11.8 Å². The van der Waals surface area contributed by atoms with Gasteiger partial charge in [-0.2, -0.15) is 0 Å². The molecule has 3 atom stereocenters. The Labute approximate surface area is 129 Å². The van der Waals surface area contributed by atoms with Crippen molar-refractivity contribution in [3.8, 4) is 0 Å². The Hall–Kier alpha value is -0.820. The summed E-state index contributed by atoms with van der Waals surface area (Å²) in [5.41, 5.74) is 2.61. The number of rotatable bonds is 3. The average molecular weight is 286 g/mol. The van der Waals surface area contributed by atoms with Crippen molar-refractivity contribution in [1.29, 1.82) is 0 Å². The molecule has 0 radical (unpaired) electrons. The highest BCUT2D eigenvalue weighted by Gasteiger charge is 2.42. The fraction of sp³-hybridized carbons (Fsp3) is 0.700. The van der Waals surface area contributed by atoms with Crippen molar-refractivity contribution in [2.45, 2.75) is 76.7 Å². The van der Waals surface area contributed by atoms with Crippen molar-refractivity contribution in [3.63, 3.8) is 0 Å². The van der Waals surface area contributed by atoms with E-state index in [1.807, 2.05) is 0 Å². The molecule has 116 valence electrons. The standard InChI is InChI=1S/C20H30O/c1-15(2)19-12-5-6-13-20(19,21)14-17-10-7-9-16-8-3-4-11-18(16)17/h3-4,8,11,15,17,19,21H,5-7,9-10,12-14H2,1-2H3. The van der Waals surface area contributed by atoms with Crippen LogP contribution < -0.4 is 0 Å². The second-order valence-electron chi connectivity index (χ2n) is 7.69. The molecule has 2 aliphatic rings. The molecule has 1 nitrogen and oxygen atoms in total. The molecule has 21 heavy (non-hydrogen) atoms. The van der Waals surface area contributed by atoms with Gasteiger partial charge in [-0.05, 0) is 67.4 Å². The predicted octanol–water partition coefficient (Wildman–Crippen LogP) is 5.07. The zero-order valence-corrected chi connectivity index (χ0v) is 13.6. The molecule has 2 aliphatic carbocycles. The molecular formula is C20H30O. The van der Waals surface area contributed by atoms with Crippen molar-refractivity contribution >= 4 is 0 Å². The predicted molar refractivity (Wildman–Crippen MR) is 88.5 cm³/mol. The molecule has 0 aliphatic heterocycles. The molecule has 1 aromatic carbocycles. The lowest BCUT2D eigenvalue weighted by Crippen LogP contribution is -2.44. The molecule has 0 heterocycles. The van der Waals surface area contributed by atoms with Gasteiger partial charge in [-0.1, -0.05) is 51.0 Å². The molecule has 0 spiro atoms. The minimum absolute atomic E-state index is 0.429. The molecule has 1 saturated carbocycles. The highest BCUT2D eigenvalue weighted by Crippen LogP contribution is 2.46. The molecule has 1 heteroatoms. The van der Waals surface area contributed by atoms with Gasteiger partial charge in [-0.15, -0.1) is 0 Å². The lowest BCUT2D eigenvalue weighted by Gasteiger charge is -2.45. The summed E-state index contributed by atoms with van der Waals surface area (Å²) >= 11 is 0. The maximum absolute atomic E-state index is 11.4. The number of hydrogen-bond acceptors (Lipinski definition) is 1. The molecule has 3 unspecified atom stereocenters. The van der Waals surface area contributed by atoms with Crippen molar-refractivity contribution in [1.82, 2.24) is 0 Å². The minimum atomic E-state index is -0.429. The maximum atomic E-state index is 11.4. The fourth-order valence-electron chi connectivity index (χ4n) is 4.95. The summed E-state index contributed by atoms with van der Waals surface area (Å²) < 4.78 is 0. The zero-order chi connectivity index (χ0) is 14.9. The second-order valence-corrected chi connectivity index (χ2v) is 7.69. The van der Waals surface area contributed by atoms with E-state index < -0.39 is 5.60 Å². The van der Waals surface area contributed by atoms with Crippen LogP contribution in [0.15, 0.2) is 24.3 Å². The second kappa shape index (κ2) is 6.12. The van der Waals surface area contributed by atoms with E-state index in [1.165, 1.54) is 49.7 Å². The number of hydrogen-bond donors (Lipinski definition) is 1. The SMILES string of the molecule is CC(C)C1CCCCC1(O)CC1CCCc2ccccc21. The van der Waals surface area contributed by atoms with Crippen LogP contribution in [0.5, 0.6) is 0 Å². The molecule has 3 rings (SSSR count). The zero-order valence-electron chi connectivity index (χ0n) is 13.6. The van der Waals surface area contributed by atoms with E-state index in [-0.39, 0.29) is 0 Å². The molecule has 0 saturated heterocycles. The van der Waals surface area contributed by atoms with Gasteiger partial charge in [0.1, 0.15) is 0 Å². The summed E-state index contributed by atoms with van der Waals surface area (Å²) in [6.45, 7) is 4.57. The van der Waals surface area contributed by atoms with Gasteiger partial charge in [0.05, 0.1) is 5.60 Å². The Kier molecular flexibility index (Phi) is 4.40. The highest BCUT2D eigenvalue weighted by molar-refractivity contribution is 5.33. The number of fused-ring (bicyclic) bond motifs is 1. The molecular weight excluding hydrogens is 256 g/mol. The van der Waals surface area contributed by atoms with Crippen molar-refractivity contribution < 1.29 is 5.11 Å². The molecule has 0 aromatic heterocycles. The molecule has 1 aromatic rings. The monoisotopic (exact) mass is 286 g/mol. The number of benzene rings is 1. The third kappa shape index (κ3) is 3.04. The summed E-state index contributed by atoms with van der Waals surface area (Å²) in [6, 6.07) is 8.91. The van der Waals surface area contributed by atoms with E-state index >= 15 is 0 Å². The van der Waals surface area contributed by atoms with Gasteiger partial charge in [0, 0.05) is 0 Å². The van der Waals surface area contributed by atoms with Crippen molar-refractivity contribution in [3.05, 3.63) is 35.4 Å². The first-order chi connectivity index (χ1) is 10.1. The van der Waals surface area contributed by atoms with E-state index in [2.05, 4.69) is 38.1 Å². The van der Waals surface area contributed by atoms with Gasteiger partial charge in [-0.25, -0.2) is 0 Å². The van der Waals surface area contributed by atoms with Crippen LogP contribution in [0.4, 0.5) is 0 Å². The third-order valence-electron chi connectivity index (χ3n) is 5.96. The first kappa shape index (κ1) is 15.1. The van der Waals surface area contributed by atoms with Gasteiger partial charge >= 0.3 is 0 Å². The van der Waals surface area contributed by atoms with E-state index in [9.17, 15) is 5.11 Å².